The maximum atomic E-state index is 12.2. The van der Waals surface area contributed by atoms with Crippen molar-refractivity contribution < 1.29 is 28.8 Å². The normalized spacial score (nSPS) is 38.7. The van der Waals surface area contributed by atoms with Crippen LogP contribution in [0.4, 0.5) is 8.78 Å². The first-order valence-electron chi connectivity index (χ1n) is 8.26. The summed E-state index contributed by atoms with van der Waals surface area (Å²) >= 11 is 0. The molecule has 1 saturated carbocycles. The minimum absolute atomic E-state index is 0.165. The summed E-state index contributed by atoms with van der Waals surface area (Å²) in [6, 6.07) is -0.580. The fraction of sp³-hybridized carbons (Fsp3) is 0.875. The van der Waals surface area contributed by atoms with Gasteiger partial charge in [-0.3, -0.25) is 0 Å². The molecule has 5 nitrogen and oxygen atoms in total. The van der Waals surface area contributed by atoms with E-state index in [1.54, 1.807) is 0 Å². The Balaban J connectivity index is 1.92. The number of alkyl halides is 2. The van der Waals surface area contributed by atoms with Gasteiger partial charge in [0, 0.05) is 0 Å². The molecule has 0 aromatic carbocycles. The molecule has 0 bridgehead atoms. The first kappa shape index (κ1) is 18.7. The zero-order valence-electron chi connectivity index (χ0n) is 13.4. The van der Waals surface area contributed by atoms with Gasteiger partial charge in [0.25, 0.3) is 0 Å². The van der Waals surface area contributed by atoms with E-state index in [-0.39, 0.29) is 5.57 Å². The number of hydrogen-bond donors (Lipinski definition) is 4. The van der Waals surface area contributed by atoms with Crippen LogP contribution in [0.25, 0.3) is 0 Å². The number of aliphatic hydroxyl groups is 3. The van der Waals surface area contributed by atoms with E-state index in [4.69, 9.17) is 0 Å². The fourth-order valence-electron chi connectivity index (χ4n) is 3.35. The molecule has 2 aliphatic carbocycles. The average Bonchev–Trinajstić information content (AvgIpc) is 2.52. The Morgan fingerprint density at radius 1 is 1.17 bits per heavy atom. The molecule has 0 heterocycles. The van der Waals surface area contributed by atoms with Crippen LogP contribution >= 0.6 is 0 Å². The van der Waals surface area contributed by atoms with Crippen LogP contribution in [-0.4, -0.2) is 59.4 Å². The fourth-order valence-corrected chi connectivity index (χ4v) is 3.35. The lowest BCUT2D eigenvalue weighted by atomic mass is 9.82. The van der Waals surface area contributed by atoms with Crippen molar-refractivity contribution in [2.75, 3.05) is 13.2 Å². The van der Waals surface area contributed by atoms with Gasteiger partial charge in [0.2, 0.25) is 0 Å². The monoisotopic (exact) mass is 335 g/mol. The molecule has 0 aromatic rings. The van der Waals surface area contributed by atoms with Gasteiger partial charge in [-0.15, -0.1) is 0 Å². The van der Waals surface area contributed by atoms with Crippen molar-refractivity contribution in [3.05, 3.63) is 11.6 Å². The molecule has 7 heteroatoms. The van der Waals surface area contributed by atoms with E-state index < -0.39 is 37.6 Å². The lowest BCUT2D eigenvalue weighted by Crippen LogP contribution is -2.54. The van der Waals surface area contributed by atoms with Crippen molar-refractivity contribution in [1.29, 1.82) is 0 Å². The second-order valence-electron chi connectivity index (χ2n) is 6.80. The van der Waals surface area contributed by atoms with Crippen LogP contribution in [0.15, 0.2) is 11.6 Å². The third kappa shape index (κ3) is 5.19. The maximum Gasteiger partial charge on any atom is 0.345 e. The van der Waals surface area contributed by atoms with Gasteiger partial charge in [-0.2, -0.15) is 8.78 Å². The molecule has 4 atom stereocenters. The SMILES string of the molecule is CC1CCC(CN[C@@H]2C=C(COC(F)F)[C@H](O)[C@H](O)[C@H]2O)CC1. The molecule has 23 heavy (non-hydrogen) atoms. The molecule has 0 spiro atoms. The van der Waals surface area contributed by atoms with Crippen molar-refractivity contribution in [3.63, 3.8) is 0 Å². The van der Waals surface area contributed by atoms with Crippen molar-refractivity contribution >= 4 is 0 Å². The third-order valence-electron chi connectivity index (χ3n) is 4.97. The van der Waals surface area contributed by atoms with Crippen molar-refractivity contribution in [1.82, 2.24) is 5.32 Å². The van der Waals surface area contributed by atoms with Crippen molar-refractivity contribution in [2.24, 2.45) is 11.8 Å². The molecule has 0 radical (unpaired) electrons. The second-order valence-corrected chi connectivity index (χ2v) is 6.80. The molecule has 2 rings (SSSR count). The Hall–Kier alpha value is -0.600. The van der Waals surface area contributed by atoms with Crippen LogP contribution in [0.5, 0.6) is 0 Å². The second kappa shape index (κ2) is 8.48. The zero-order chi connectivity index (χ0) is 17.0. The molecule has 0 unspecified atom stereocenters. The number of hydrogen-bond acceptors (Lipinski definition) is 5. The standard InChI is InChI=1S/C16H27F2NO4/c1-9-2-4-10(5-3-9)7-19-12-6-11(8-23-16(17)18)13(20)15(22)14(12)21/h6,9-10,12-16,19-22H,2-5,7-8H2,1H3/t9?,10?,12-,13+,14+,15+/m1/s1. The van der Waals surface area contributed by atoms with Gasteiger partial charge in [0.05, 0.1) is 12.6 Å². The summed E-state index contributed by atoms with van der Waals surface area (Å²) in [6.07, 6.45) is 2.12. The van der Waals surface area contributed by atoms with Crippen LogP contribution in [0.2, 0.25) is 0 Å². The van der Waals surface area contributed by atoms with Gasteiger partial charge < -0.3 is 25.4 Å². The van der Waals surface area contributed by atoms with Gasteiger partial charge in [-0.1, -0.05) is 25.8 Å². The first-order chi connectivity index (χ1) is 10.9. The Morgan fingerprint density at radius 3 is 2.43 bits per heavy atom. The van der Waals surface area contributed by atoms with Gasteiger partial charge in [0.15, 0.2) is 0 Å². The average molecular weight is 335 g/mol. The number of nitrogens with one attached hydrogen (secondary N) is 1. The van der Waals surface area contributed by atoms with Gasteiger partial charge in [-0.25, -0.2) is 0 Å². The highest BCUT2D eigenvalue weighted by Gasteiger charge is 2.37. The molecule has 0 saturated heterocycles. The zero-order valence-corrected chi connectivity index (χ0v) is 13.4. The molecule has 4 N–H and O–H groups in total. The Labute approximate surface area is 135 Å². The Bertz CT molecular complexity index is 400. The number of aliphatic hydroxyl groups excluding tert-OH is 3. The highest BCUT2D eigenvalue weighted by Crippen LogP contribution is 2.28. The Kier molecular flexibility index (Phi) is 6.91. The Morgan fingerprint density at radius 2 is 1.83 bits per heavy atom. The highest BCUT2D eigenvalue weighted by atomic mass is 19.3. The molecule has 0 aliphatic heterocycles. The topological polar surface area (TPSA) is 82.0 Å². The summed E-state index contributed by atoms with van der Waals surface area (Å²) in [7, 11) is 0. The molecular weight excluding hydrogens is 308 g/mol. The number of rotatable bonds is 6. The smallest absolute Gasteiger partial charge is 0.345 e. The lowest BCUT2D eigenvalue weighted by molar-refractivity contribution is -0.129. The maximum absolute atomic E-state index is 12.2. The summed E-state index contributed by atoms with van der Waals surface area (Å²) < 4.78 is 28.5. The van der Waals surface area contributed by atoms with E-state index in [2.05, 4.69) is 17.0 Å². The number of halogens is 2. The summed E-state index contributed by atoms with van der Waals surface area (Å²) in [6.45, 7) is -0.481. The summed E-state index contributed by atoms with van der Waals surface area (Å²) in [4.78, 5) is 0. The van der Waals surface area contributed by atoms with E-state index in [9.17, 15) is 24.1 Å². The predicted octanol–water partition coefficient (Wildman–Crippen LogP) is 1.03. The largest absolute Gasteiger partial charge is 0.388 e. The summed E-state index contributed by atoms with van der Waals surface area (Å²) in [5, 5.41) is 33.0. The van der Waals surface area contributed by atoms with Gasteiger partial charge in [0.1, 0.15) is 18.3 Å². The molecule has 2 aliphatic rings. The van der Waals surface area contributed by atoms with Gasteiger partial charge in [-0.05, 0) is 36.8 Å². The lowest BCUT2D eigenvalue weighted by Gasteiger charge is -2.36. The van der Waals surface area contributed by atoms with E-state index in [1.165, 1.54) is 18.9 Å². The molecular formula is C16H27F2NO4. The summed E-state index contributed by atoms with van der Waals surface area (Å²) in [5.74, 6) is 1.26. The molecule has 1 fully saturated rings. The molecule has 0 aromatic heterocycles. The molecule has 0 amide bonds. The van der Waals surface area contributed by atoms with Gasteiger partial charge >= 0.3 is 6.61 Å². The minimum Gasteiger partial charge on any atom is -0.388 e. The highest BCUT2D eigenvalue weighted by molar-refractivity contribution is 5.22. The quantitative estimate of drug-likeness (QED) is 0.545. The first-order valence-corrected chi connectivity index (χ1v) is 8.26. The predicted molar refractivity (Wildman–Crippen MR) is 81.0 cm³/mol. The van der Waals surface area contributed by atoms with E-state index in [0.717, 1.165) is 18.8 Å². The van der Waals surface area contributed by atoms with Crippen LogP contribution in [0, 0.1) is 11.8 Å². The molecule has 134 valence electrons. The van der Waals surface area contributed by atoms with Crippen LogP contribution in [0.3, 0.4) is 0 Å². The van der Waals surface area contributed by atoms with E-state index >= 15 is 0 Å². The van der Waals surface area contributed by atoms with Crippen molar-refractivity contribution in [3.8, 4) is 0 Å². The number of ether oxygens (including phenoxy) is 1. The van der Waals surface area contributed by atoms with E-state index in [0.29, 0.717) is 12.5 Å². The minimum atomic E-state index is -2.94. The van der Waals surface area contributed by atoms with Crippen LogP contribution in [0.1, 0.15) is 32.6 Å². The summed E-state index contributed by atoms with van der Waals surface area (Å²) in [5.41, 5.74) is 0.165. The van der Waals surface area contributed by atoms with Crippen molar-refractivity contribution in [2.45, 2.75) is 63.6 Å². The van der Waals surface area contributed by atoms with Crippen LogP contribution in [-0.2, 0) is 4.74 Å². The van der Waals surface area contributed by atoms with Crippen LogP contribution < -0.4 is 5.32 Å². The van der Waals surface area contributed by atoms with E-state index in [1.807, 2.05) is 0 Å². The third-order valence-corrected chi connectivity index (χ3v) is 4.97.